The number of ether oxygens (including phenoxy) is 2. The summed E-state index contributed by atoms with van der Waals surface area (Å²) in [4.78, 5) is 34.6. The van der Waals surface area contributed by atoms with Gasteiger partial charge in [0.25, 0.3) is 0 Å². The Bertz CT molecular complexity index is 886. The van der Waals surface area contributed by atoms with Gasteiger partial charge >= 0.3 is 17.9 Å². The minimum atomic E-state index is -1.04. The Morgan fingerprint density at radius 2 is 2.13 bits per heavy atom. The summed E-state index contributed by atoms with van der Waals surface area (Å²) in [6.45, 7) is 6.71. The Hall–Kier alpha value is -2.41. The van der Waals surface area contributed by atoms with Crippen LogP contribution in [0.15, 0.2) is 36.1 Å². The van der Waals surface area contributed by atoms with E-state index in [1.807, 2.05) is 6.08 Å². The van der Waals surface area contributed by atoms with Gasteiger partial charge in [-0.05, 0) is 61.3 Å². The molecule has 7 nitrogen and oxygen atoms in total. The molecule has 0 aromatic heterocycles. The fraction of sp³-hybridized carbons (Fsp3) is 0.625. The summed E-state index contributed by atoms with van der Waals surface area (Å²) in [5.74, 6) is -1.75. The number of carbonyl (C=O) groups is 3. The lowest BCUT2D eigenvalue weighted by atomic mass is 9.49. The number of esters is 2. The molecule has 0 radical (unpaired) electrons. The Labute approximate surface area is 181 Å². The van der Waals surface area contributed by atoms with Gasteiger partial charge in [0, 0.05) is 5.41 Å². The molecule has 4 aliphatic rings. The van der Waals surface area contributed by atoms with Gasteiger partial charge in [-0.2, -0.15) is 0 Å². The van der Waals surface area contributed by atoms with E-state index in [0.29, 0.717) is 18.4 Å². The highest BCUT2D eigenvalue weighted by molar-refractivity contribution is 5.94. The Kier molecular flexibility index (Phi) is 5.36. The zero-order valence-corrected chi connectivity index (χ0v) is 17.9. The average molecular weight is 430 g/mol. The van der Waals surface area contributed by atoms with Crippen molar-refractivity contribution in [1.82, 2.24) is 0 Å². The maximum Gasteiger partial charge on any atom is 0.342 e. The molecule has 0 amide bonds. The van der Waals surface area contributed by atoms with E-state index in [9.17, 15) is 19.5 Å². The second-order valence-electron chi connectivity index (χ2n) is 9.76. The highest BCUT2D eigenvalue weighted by Crippen LogP contribution is 2.83. The number of carboxylic acid groups (broad SMARTS) is 1. The van der Waals surface area contributed by atoms with Crippen molar-refractivity contribution in [3.8, 4) is 0 Å². The van der Waals surface area contributed by atoms with Crippen LogP contribution in [-0.2, 0) is 23.9 Å². The number of rotatable bonds is 7. The molecule has 3 fully saturated rings. The second-order valence-corrected chi connectivity index (χ2v) is 9.76. The summed E-state index contributed by atoms with van der Waals surface area (Å²) in [6.07, 6.45) is 8.67. The van der Waals surface area contributed by atoms with Crippen LogP contribution in [0.25, 0.3) is 0 Å². The van der Waals surface area contributed by atoms with Gasteiger partial charge in [0.05, 0.1) is 37.4 Å². The van der Waals surface area contributed by atoms with Crippen LogP contribution < -0.4 is 0 Å². The fourth-order valence-electron chi connectivity index (χ4n) is 6.69. The SMILES string of the molecule is C=C1CCC23C[C@@]2(COC(=O)CCC(=O)O)[C@H](O)CC[C@@]3(C)C1C/C=C1\C=COC1=O. The molecule has 31 heavy (non-hydrogen) atoms. The summed E-state index contributed by atoms with van der Waals surface area (Å²) >= 11 is 0. The van der Waals surface area contributed by atoms with Gasteiger partial charge < -0.3 is 19.7 Å². The predicted molar refractivity (Wildman–Crippen MR) is 110 cm³/mol. The van der Waals surface area contributed by atoms with Gasteiger partial charge in [-0.1, -0.05) is 25.2 Å². The van der Waals surface area contributed by atoms with Crippen LogP contribution in [0.1, 0.15) is 58.3 Å². The van der Waals surface area contributed by atoms with Crippen molar-refractivity contribution in [1.29, 1.82) is 0 Å². The average Bonchev–Trinajstić information content (AvgIpc) is 3.26. The Balaban J connectivity index is 1.53. The first-order valence-electron chi connectivity index (χ1n) is 11.0. The van der Waals surface area contributed by atoms with E-state index in [-0.39, 0.29) is 42.2 Å². The molecule has 0 aromatic rings. The molecule has 2 unspecified atom stereocenters. The van der Waals surface area contributed by atoms with Crippen molar-refractivity contribution < 1.29 is 34.1 Å². The molecular weight excluding hydrogens is 400 g/mol. The number of aliphatic hydroxyl groups excluding tert-OH is 1. The maximum atomic E-state index is 12.1. The van der Waals surface area contributed by atoms with Crippen LogP contribution in [0, 0.1) is 22.2 Å². The number of carboxylic acids is 1. The third-order valence-corrected chi connectivity index (χ3v) is 8.51. The van der Waals surface area contributed by atoms with Crippen molar-refractivity contribution in [2.24, 2.45) is 22.2 Å². The molecule has 0 aromatic carbocycles. The first-order valence-corrected chi connectivity index (χ1v) is 11.0. The maximum absolute atomic E-state index is 12.1. The predicted octanol–water partition coefficient (Wildman–Crippen LogP) is 3.29. The van der Waals surface area contributed by atoms with E-state index in [1.54, 1.807) is 6.08 Å². The van der Waals surface area contributed by atoms with Gasteiger partial charge in [-0.15, -0.1) is 0 Å². The van der Waals surface area contributed by atoms with Crippen molar-refractivity contribution in [3.05, 3.63) is 36.1 Å². The number of hydrogen-bond acceptors (Lipinski definition) is 6. The molecule has 1 aliphatic heterocycles. The summed E-state index contributed by atoms with van der Waals surface area (Å²) in [5.41, 5.74) is 0.952. The highest BCUT2D eigenvalue weighted by Gasteiger charge is 2.80. The van der Waals surface area contributed by atoms with Crippen molar-refractivity contribution in [3.63, 3.8) is 0 Å². The molecule has 3 saturated carbocycles. The summed E-state index contributed by atoms with van der Waals surface area (Å²) in [7, 11) is 0. The molecular formula is C24H30O7. The molecule has 5 atom stereocenters. The van der Waals surface area contributed by atoms with Gasteiger partial charge in [-0.25, -0.2) is 4.79 Å². The molecule has 0 bridgehead atoms. The smallest absolute Gasteiger partial charge is 0.342 e. The number of cyclic esters (lactones) is 1. The van der Waals surface area contributed by atoms with Gasteiger partial charge in [0.1, 0.15) is 0 Å². The zero-order valence-electron chi connectivity index (χ0n) is 17.9. The third kappa shape index (κ3) is 3.34. The number of aliphatic hydroxyl groups is 1. The molecule has 1 heterocycles. The molecule has 0 saturated heterocycles. The van der Waals surface area contributed by atoms with Crippen LogP contribution in [0.2, 0.25) is 0 Å². The van der Waals surface area contributed by atoms with Gasteiger partial charge in [0.2, 0.25) is 0 Å². The number of allylic oxidation sites excluding steroid dienone is 2. The molecule has 2 N–H and O–H groups in total. The monoisotopic (exact) mass is 430 g/mol. The molecule has 168 valence electrons. The number of aliphatic carboxylic acids is 1. The summed E-state index contributed by atoms with van der Waals surface area (Å²) in [6, 6.07) is 0. The first-order chi connectivity index (χ1) is 14.7. The van der Waals surface area contributed by atoms with Crippen molar-refractivity contribution >= 4 is 17.9 Å². The molecule has 3 aliphatic carbocycles. The third-order valence-electron chi connectivity index (χ3n) is 8.51. The van der Waals surface area contributed by atoms with E-state index < -0.39 is 23.5 Å². The Morgan fingerprint density at radius 1 is 1.35 bits per heavy atom. The fourth-order valence-corrected chi connectivity index (χ4v) is 6.69. The van der Waals surface area contributed by atoms with Gasteiger partial charge in [-0.3, -0.25) is 9.59 Å². The summed E-state index contributed by atoms with van der Waals surface area (Å²) < 4.78 is 10.4. The molecule has 4 rings (SSSR count). The largest absolute Gasteiger partial charge is 0.481 e. The minimum absolute atomic E-state index is 0.123. The van der Waals surface area contributed by atoms with Crippen molar-refractivity contribution in [2.45, 2.75) is 64.4 Å². The van der Waals surface area contributed by atoms with Crippen LogP contribution >= 0.6 is 0 Å². The molecule has 7 heteroatoms. The Morgan fingerprint density at radius 3 is 2.81 bits per heavy atom. The minimum Gasteiger partial charge on any atom is -0.481 e. The highest BCUT2D eigenvalue weighted by atomic mass is 16.5. The second kappa shape index (κ2) is 7.62. The summed E-state index contributed by atoms with van der Waals surface area (Å²) in [5, 5.41) is 19.7. The normalized spacial score (nSPS) is 39.6. The standard InChI is InChI=1S/C24H30O7/c1-15-7-11-24-13-23(24,14-31-20(28)6-5-19(26)27)18(25)8-10-22(24,2)17(15)4-3-16-9-12-30-21(16)29/h3,9,12,17-18,25H,1,4-8,10-11,13-14H2,2H3,(H,26,27)/b16-3+/t17?,18-,22+,23-,24?/m1/s1. The quantitative estimate of drug-likeness (QED) is 0.362. The van der Waals surface area contributed by atoms with Crippen molar-refractivity contribution in [2.75, 3.05) is 6.61 Å². The van der Waals surface area contributed by atoms with Gasteiger partial charge in [0.15, 0.2) is 0 Å². The van der Waals surface area contributed by atoms with Crippen LogP contribution in [0.5, 0.6) is 0 Å². The first kappa shape index (κ1) is 21.8. The lowest BCUT2D eigenvalue weighted by Crippen LogP contribution is -2.52. The lowest BCUT2D eigenvalue weighted by molar-refractivity contribution is -0.155. The van der Waals surface area contributed by atoms with Crippen LogP contribution in [0.3, 0.4) is 0 Å². The lowest BCUT2D eigenvalue weighted by Gasteiger charge is -2.55. The van der Waals surface area contributed by atoms with Crippen LogP contribution in [-0.4, -0.2) is 40.8 Å². The van der Waals surface area contributed by atoms with E-state index in [2.05, 4.69) is 13.5 Å². The van der Waals surface area contributed by atoms with E-state index >= 15 is 0 Å². The van der Waals surface area contributed by atoms with Crippen LogP contribution in [0.4, 0.5) is 0 Å². The number of hydrogen-bond donors (Lipinski definition) is 2. The molecule has 1 spiro atoms. The zero-order chi connectivity index (χ0) is 22.4. The van der Waals surface area contributed by atoms with E-state index in [1.165, 1.54) is 6.26 Å². The number of carbonyl (C=O) groups excluding carboxylic acids is 2. The van der Waals surface area contributed by atoms with E-state index in [4.69, 9.17) is 14.6 Å². The topological polar surface area (TPSA) is 110 Å². The van der Waals surface area contributed by atoms with E-state index in [0.717, 1.165) is 31.3 Å².